The normalized spacial score (nSPS) is 15.3. The van der Waals surface area contributed by atoms with Gasteiger partial charge < -0.3 is 11.1 Å². The van der Waals surface area contributed by atoms with Crippen molar-refractivity contribution in [2.45, 2.75) is 25.3 Å². The van der Waals surface area contributed by atoms with E-state index in [4.69, 9.17) is 5.73 Å². The Morgan fingerprint density at radius 2 is 2.00 bits per heavy atom. The van der Waals surface area contributed by atoms with Crippen LogP contribution in [0.4, 0.5) is 5.69 Å². The number of carbonyl (C=O) groups excluding carboxylic acids is 1. The Balaban J connectivity index is 0.00000147. The monoisotopic (exact) mass is 293 g/mol. The molecule has 0 unspecified atom stereocenters. The van der Waals surface area contributed by atoms with E-state index in [-0.39, 0.29) is 18.3 Å². The van der Waals surface area contributed by atoms with E-state index < -0.39 is 5.54 Å². The summed E-state index contributed by atoms with van der Waals surface area (Å²) < 4.78 is 0. The zero-order chi connectivity index (χ0) is 13.5. The van der Waals surface area contributed by atoms with Gasteiger partial charge in [0.1, 0.15) is 5.82 Å². The molecule has 3 rings (SSSR count). The topological polar surface area (TPSA) is 96.7 Å². The van der Waals surface area contributed by atoms with Gasteiger partial charge in [0.2, 0.25) is 5.91 Å². The molecular weight excluding hydrogens is 278 g/mol. The highest BCUT2D eigenvalue weighted by Gasteiger charge is 2.45. The lowest BCUT2D eigenvalue weighted by molar-refractivity contribution is -0.118. The van der Waals surface area contributed by atoms with Crippen molar-refractivity contribution in [2.75, 3.05) is 5.32 Å². The lowest BCUT2D eigenvalue weighted by Gasteiger charge is -2.10. The van der Waals surface area contributed by atoms with Gasteiger partial charge in [-0.05, 0) is 44.0 Å². The molecule has 1 aromatic carbocycles. The van der Waals surface area contributed by atoms with E-state index in [9.17, 15) is 4.79 Å². The quantitative estimate of drug-likeness (QED) is 0.801. The molecule has 1 heterocycles. The summed E-state index contributed by atoms with van der Waals surface area (Å²) >= 11 is 0. The Hall–Kier alpha value is -1.92. The van der Waals surface area contributed by atoms with Crippen molar-refractivity contribution in [3.05, 3.63) is 30.1 Å². The Morgan fingerprint density at radius 1 is 1.35 bits per heavy atom. The van der Waals surface area contributed by atoms with Crippen LogP contribution < -0.4 is 11.1 Å². The molecule has 1 saturated carbocycles. The fourth-order valence-corrected chi connectivity index (χ4v) is 1.79. The van der Waals surface area contributed by atoms with Gasteiger partial charge in [0.15, 0.2) is 5.82 Å². The van der Waals surface area contributed by atoms with Crippen molar-refractivity contribution in [2.24, 2.45) is 5.73 Å². The first-order valence-corrected chi connectivity index (χ1v) is 6.17. The fourth-order valence-electron chi connectivity index (χ4n) is 1.79. The maximum Gasteiger partial charge on any atom is 0.244 e. The number of anilines is 1. The minimum Gasteiger partial charge on any atom is -0.324 e. The van der Waals surface area contributed by atoms with Crippen molar-refractivity contribution in [3.63, 3.8) is 0 Å². The zero-order valence-corrected chi connectivity index (χ0v) is 11.8. The van der Waals surface area contributed by atoms with Crippen molar-refractivity contribution in [1.82, 2.24) is 15.2 Å². The molecule has 106 valence electrons. The van der Waals surface area contributed by atoms with Crippen LogP contribution in [0.2, 0.25) is 0 Å². The molecule has 20 heavy (non-hydrogen) atoms. The van der Waals surface area contributed by atoms with E-state index in [0.717, 1.165) is 29.9 Å². The molecule has 1 aliphatic carbocycles. The molecule has 1 aromatic heterocycles. The molecule has 0 radical (unpaired) electrons. The average Bonchev–Trinajstić information content (AvgIpc) is 3.01. The van der Waals surface area contributed by atoms with E-state index in [1.807, 2.05) is 31.2 Å². The second-order valence-electron chi connectivity index (χ2n) is 4.93. The van der Waals surface area contributed by atoms with Gasteiger partial charge in [0.05, 0.1) is 5.54 Å². The van der Waals surface area contributed by atoms with Gasteiger partial charge in [0.25, 0.3) is 0 Å². The number of benzene rings is 1. The summed E-state index contributed by atoms with van der Waals surface area (Å²) in [5, 5.41) is 9.69. The van der Waals surface area contributed by atoms with Gasteiger partial charge in [-0.25, -0.2) is 4.98 Å². The number of halogens is 1. The van der Waals surface area contributed by atoms with Gasteiger partial charge in [0, 0.05) is 11.3 Å². The summed E-state index contributed by atoms with van der Waals surface area (Å²) in [7, 11) is 0. The highest BCUT2D eigenvalue weighted by molar-refractivity contribution is 6.00. The van der Waals surface area contributed by atoms with Crippen LogP contribution in [0.5, 0.6) is 0 Å². The summed E-state index contributed by atoms with van der Waals surface area (Å²) in [6, 6.07) is 7.39. The third-order valence-corrected chi connectivity index (χ3v) is 3.24. The first-order chi connectivity index (χ1) is 9.07. The molecule has 0 spiro atoms. The molecule has 1 amide bonds. The number of aromatic nitrogens is 3. The number of rotatable bonds is 3. The Kier molecular flexibility index (Phi) is 3.78. The van der Waals surface area contributed by atoms with Gasteiger partial charge in [-0.15, -0.1) is 12.4 Å². The van der Waals surface area contributed by atoms with Crippen LogP contribution in [0.1, 0.15) is 18.7 Å². The van der Waals surface area contributed by atoms with Crippen molar-refractivity contribution >= 4 is 24.0 Å². The van der Waals surface area contributed by atoms with Crippen LogP contribution in [-0.4, -0.2) is 26.6 Å². The van der Waals surface area contributed by atoms with Crippen molar-refractivity contribution in [3.8, 4) is 11.4 Å². The van der Waals surface area contributed by atoms with E-state index in [1.165, 1.54) is 0 Å². The van der Waals surface area contributed by atoms with Gasteiger partial charge in [-0.2, -0.15) is 5.10 Å². The third kappa shape index (κ3) is 2.81. The maximum absolute atomic E-state index is 11.8. The van der Waals surface area contributed by atoms with Crippen LogP contribution >= 0.6 is 12.4 Å². The molecule has 6 nitrogen and oxygen atoms in total. The molecule has 2 aromatic rings. The number of amides is 1. The summed E-state index contributed by atoms with van der Waals surface area (Å²) in [6.45, 7) is 1.85. The highest BCUT2D eigenvalue weighted by atomic mass is 35.5. The van der Waals surface area contributed by atoms with Crippen LogP contribution in [0.25, 0.3) is 11.4 Å². The lowest BCUT2D eigenvalue weighted by Crippen LogP contribution is -2.37. The molecular formula is C13H16ClN5O. The van der Waals surface area contributed by atoms with E-state index in [1.54, 1.807) is 0 Å². The zero-order valence-electron chi connectivity index (χ0n) is 11.0. The highest BCUT2D eigenvalue weighted by Crippen LogP contribution is 2.33. The number of hydrogen-bond acceptors (Lipinski definition) is 4. The van der Waals surface area contributed by atoms with Crippen molar-refractivity contribution in [1.29, 1.82) is 0 Å². The SMILES string of the molecule is Cc1nc(-c2ccc(NC(=O)C3(N)CC3)cc2)n[nH]1.Cl. The molecule has 1 aliphatic rings. The Labute approximate surface area is 122 Å². The predicted octanol–water partition coefficient (Wildman–Crippen LogP) is 1.63. The first-order valence-electron chi connectivity index (χ1n) is 6.17. The number of nitrogens with two attached hydrogens (primary N) is 1. The predicted molar refractivity (Wildman–Crippen MR) is 78.6 cm³/mol. The van der Waals surface area contributed by atoms with Crippen LogP contribution in [0, 0.1) is 6.92 Å². The second-order valence-corrected chi connectivity index (χ2v) is 4.93. The minimum absolute atomic E-state index is 0. The van der Waals surface area contributed by atoms with Gasteiger partial charge >= 0.3 is 0 Å². The molecule has 0 saturated heterocycles. The van der Waals surface area contributed by atoms with Crippen LogP contribution in [0.3, 0.4) is 0 Å². The number of hydrogen-bond donors (Lipinski definition) is 3. The summed E-state index contributed by atoms with van der Waals surface area (Å²) in [5.74, 6) is 1.30. The van der Waals surface area contributed by atoms with E-state index >= 15 is 0 Å². The van der Waals surface area contributed by atoms with Crippen LogP contribution in [-0.2, 0) is 4.79 Å². The number of carbonyl (C=O) groups is 1. The smallest absolute Gasteiger partial charge is 0.244 e. The summed E-state index contributed by atoms with van der Waals surface area (Å²) in [6.07, 6.45) is 1.51. The Bertz CT molecular complexity index is 618. The second kappa shape index (κ2) is 5.22. The lowest BCUT2D eigenvalue weighted by atomic mass is 10.2. The number of H-pyrrole nitrogens is 1. The number of nitrogens with one attached hydrogen (secondary N) is 2. The van der Waals surface area contributed by atoms with Crippen molar-refractivity contribution < 1.29 is 4.79 Å². The van der Waals surface area contributed by atoms with Gasteiger partial charge in [-0.1, -0.05) is 0 Å². The standard InChI is InChI=1S/C13H15N5O.ClH/c1-8-15-11(18-17-8)9-2-4-10(5-3-9)16-12(19)13(14)6-7-13;/h2-5H,6-7,14H2,1H3,(H,16,19)(H,15,17,18);1H. The molecule has 1 fully saturated rings. The van der Waals surface area contributed by atoms with Crippen LogP contribution in [0.15, 0.2) is 24.3 Å². The summed E-state index contributed by atoms with van der Waals surface area (Å²) in [5.41, 5.74) is 6.81. The number of aryl methyl sites for hydroxylation is 1. The van der Waals surface area contributed by atoms with E-state index in [0.29, 0.717) is 5.82 Å². The fraction of sp³-hybridized carbons (Fsp3) is 0.308. The Morgan fingerprint density at radius 3 is 2.50 bits per heavy atom. The maximum atomic E-state index is 11.8. The number of nitrogens with zero attached hydrogens (tertiary/aromatic N) is 2. The molecule has 0 bridgehead atoms. The summed E-state index contributed by atoms with van der Waals surface area (Å²) in [4.78, 5) is 16.0. The average molecular weight is 294 g/mol. The third-order valence-electron chi connectivity index (χ3n) is 3.24. The minimum atomic E-state index is -0.653. The first kappa shape index (κ1) is 14.5. The molecule has 4 N–H and O–H groups in total. The molecule has 7 heteroatoms. The molecule has 0 aliphatic heterocycles. The number of aromatic amines is 1. The van der Waals surface area contributed by atoms with E-state index in [2.05, 4.69) is 20.5 Å². The molecule has 0 atom stereocenters. The van der Waals surface area contributed by atoms with Gasteiger partial charge in [-0.3, -0.25) is 9.89 Å². The largest absolute Gasteiger partial charge is 0.324 e.